The van der Waals surface area contributed by atoms with Crippen LogP contribution < -0.4 is 5.32 Å². The molecule has 2 aromatic rings. The molecule has 1 aromatic carbocycles. The number of thiazole rings is 1. The Morgan fingerprint density at radius 3 is 2.69 bits per heavy atom. The van der Waals surface area contributed by atoms with Gasteiger partial charge in [0.2, 0.25) is 5.91 Å². The molecule has 1 aliphatic heterocycles. The summed E-state index contributed by atoms with van der Waals surface area (Å²) in [5.41, 5.74) is 0.516. The minimum atomic E-state index is -1.23. The van der Waals surface area contributed by atoms with Crippen molar-refractivity contribution in [2.75, 3.05) is 6.61 Å². The Morgan fingerprint density at radius 2 is 2.00 bits per heavy atom. The van der Waals surface area contributed by atoms with Crippen molar-refractivity contribution in [2.24, 2.45) is 11.3 Å². The first-order chi connectivity index (χ1) is 16.9. The standard InChI is InChI=1S/C27H37ClN2O5S/c1-6-19-25(33)15(2)35-12-11-18(28)8-9-20(17-7-10-22-21(13-17)29-16(3)36-22)30-24(32)14-23(31)27(4,5)26(19)34/h7-8,10,13,15,19-20,23,25,31,33H,6,9,11-12,14H2,1-5H3,(H,30,32)/b18-8+/t15-,19+,20-,23-,25+/m0/s1. The van der Waals surface area contributed by atoms with Crippen LogP contribution in [0.4, 0.5) is 0 Å². The molecule has 0 unspecified atom stereocenters. The molecule has 198 valence electrons. The molecule has 0 saturated carbocycles. The Morgan fingerprint density at radius 1 is 1.28 bits per heavy atom. The van der Waals surface area contributed by atoms with Crippen molar-refractivity contribution in [1.29, 1.82) is 0 Å². The van der Waals surface area contributed by atoms with E-state index in [-0.39, 0.29) is 30.8 Å². The molecule has 7 nitrogen and oxygen atoms in total. The zero-order chi connectivity index (χ0) is 26.6. The maximum atomic E-state index is 13.4. The number of hydrogen-bond donors (Lipinski definition) is 3. The number of carbonyl (C=O) groups is 2. The van der Waals surface area contributed by atoms with E-state index in [0.717, 1.165) is 20.8 Å². The van der Waals surface area contributed by atoms with Crippen LogP contribution in [0.1, 0.15) is 70.0 Å². The fourth-order valence-corrected chi connectivity index (χ4v) is 5.55. The number of Topliss-reactive ketones (excluding diaryl/α,β-unsaturated/α-hetero) is 1. The van der Waals surface area contributed by atoms with E-state index >= 15 is 0 Å². The number of aliphatic hydroxyl groups excluding tert-OH is 2. The van der Waals surface area contributed by atoms with Gasteiger partial charge in [0.25, 0.3) is 0 Å². The molecule has 1 amide bonds. The molecule has 0 saturated heterocycles. The molecule has 1 aromatic heterocycles. The van der Waals surface area contributed by atoms with Crippen LogP contribution in [0.5, 0.6) is 0 Å². The number of benzene rings is 1. The van der Waals surface area contributed by atoms with Gasteiger partial charge in [-0.2, -0.15) is 0 Å². The molecule has 0 aliphatic carbocycles. The Bertz CT molecular complexity index is 1110. The van der Waals surface area contributed by atoms with Crippen molar-refractivity contribution < 1.29 is 24.5 Å². The van der Waals surface area contributed by atoms with Gasteiger partial charge in [-0.1, -0.05) is 44.5 Å². The average molecular weight is 537 g/mol. The van der Waals surface area contributed by atoms with Gasteiger partial charge in [-0.25, -0.2) is 4.98 Å². The van der Waals surface area contributed by atoms with Crippen LogP contribution in [0, 0.1) is 18.3 Å². The number of fused-ring (bicyclic) bond motifs is 1. The van der Waals surface area contributed by atoms with Crippen LogP contribution in [0.2, 0.25) is 0 Å². The summed E-state index contributed by atoms with van der Waals surface area (Å²) in [7, 11) is 0. The molecule has 9 heteroatoms. The number of aromatic nitrogens is 1. The number of carbonyl (C=O) groups excluding carboxylic acids is 2. The van der Waals surface area contributed by atoms with Crippen molar-refractivity contribution in [2.45, 2.75) is 84.7 Å². The van der Waals surface area contributed by atoms with E-state index in [4.69, 9.17) is 16.3 Å². The number of rotatable bonds is 2. The quantitative estimate of drug-likeness (QED) is 0.508. The van der Waals surface area contributed by atoms with Gasteiger partial charge >= 0.3 is 0 Å². The number of halogens is 1. The van der Waals surface area contributed by atoms with E-state index in [1.807, 2.05) is 38.1 Å². The smallest absolute Gasteiger partial charge is 0.223 e. The first-order valence-corrected chi connectivity index (χ1v) is 13.7. The number of aliphatic hydroxyl groups is 2. The molecule has 3 N–H and O–H groups in total. The van der Waals surface area contributed by atoms with Gasteiger partial charge in [0.15, 0.2) is 0 Å². The van der Waals surface area contributed by atoms with Gasteiger partial charge in [0, 0.05) is 17.4 Å². The van der Waals surface area contributed by atoms with E-state index in [9.17, 15) is 19.8 Å². The van der Waals surface area contributed by atoms with E-state index in [0.29, 0.717) is 24.3 Å². The third kappa shape index (κ3) is 6.72. The maximum absolute atomic E-state index is 13.4. The fourth-order valence-electron chi connectivity index (χ4n) is 4.58. The highest BCUT2D eigenvalue weighted by molar-refractivity contribution is 7.18. The number of nitrogens with one attached hydrogen (secondary N) is 1. The molecular formula is C27H37ClN2O5S. The normalized spacial score (nSPS) is 30.6. The zero-order valence-electron chi connectivity index (χ0n) is 21.6. The Balaban J connectivity index is 1.92. The first kappa shape index (κ1) is 28.7. The Hall–Kier alpha value is -1.84. The average Bonchev–Trinajstić information content (AvgIpc) is 3.20. The second kappa shape index (κ2) is 12.1. The van der Waals surface area contributed by atoms with E-state index < -0.39 is 29.6 Å². The predicted octanol–water partition coefficient (Wildman–Crippen LogP) is 4.82. The lowest BCUT2D eigenvalue weighted by atomic mass is 9.72. The molecule has 0 spiro atoms. The molecule has 0 radical (unpaired) electrons. The van der Waals surface area contributed by atoms with Crippen molar-refractivity contribution in [1.82, 2.24) is 10.3 Å². The summed E-state index contributed by atoms with van der Waals surface area (Å²) < 4.78 is 6.88. The Labute approximate surface area is 221 Å². The van der Waals surface area contributed by atoms with E-state index in [2.05, 4.69) is 10.3 Å². The molecule has 5 atom stereocenters. The molecule has 0 bridgehead atoms. The lowest BCUT2D eigenvalue weighted by Gasteiger charge is -2.35. The summed E-state index contributed by atoms with van der Waals surface area (Å²) in [6.07, 6.45) is 0.0323. The number of ketones is 1. The summed E-state index contributed by atoms with van der Waals surface area (Å²) in [5.74, 6) is -1.39. The van der Waals surface area contributed by atoms with Gasteiger partial charge in [0.1, 0.15) is 5.78 Å². The molecule has 1 aliphatic rings. The first-order valence-electron chi connectivity index (χ1n) is 12.5. The molecule has 3 rings (SSSR count). The molecule has 2 heterocycles. The van der Waals surface area contributed by atoms with Gasteiger partial charge < -0.3 is 20.3 Å². The summed E-state index contributed by atoms with van der Waals surface area (Å²) in [6, 6.07) is 5.54. The van der Waals surface area contributed by atoms with Crippen LogP contribution in [0.3, 0.4) is 0 Å². The second-order valence-electron chi connectivity index (χ2n) is 10.1. The monoisotopic (exact) mass is 536 g/mol. The predicted molar refractivity (Wildman–Crippen MR) is 143 cm³/mol. The van der Waals surface area contributed by atoms with Crippen LogP contribution in [-0.4, -0.2) is 51.8 Å². The maximum Gasteiger partial charge on any atom is 0.223 e. The van der Waals surface area contributed by atoms with Crippen LogP contribution in [0.25, 0.3) is 10.2 Å². The largest absolute Gasteiger partial charge is 0.392 e. The van der Waals surface area contributed by atoms with E-state index in [1.54, 1.807) is 32.1 Å². The lowest BCUT2D eigenvalue weighted by Crippen LogP contribution is -2.48. The minimum Gasteiger partial charge on any atom is -0.392 e. The number of hydrogen-bond acceptors (Lipinski definition) is 7. The molecule has 36 heavy (non-hydrogen) atoms. The topological polar surface area (TPSA) is 109 Å². The number of amides is 1. The Kier molecular flexibility index (Phi) is 9.68. The number of nitrogens with zero attached hydrogens (tertiary/aromatic N) is 1. The number of aryl methyl sites for hydroxylation is 1. The van der Waals surface area contributed by atoms with Gasteiger partial charge in [-0.3, -0.25) is 9.59 Å². The highest BCUT2D eigenvalue weighted by Crippen LogP contribution is 2.33. The summed E-state index contributed by atoms with van der Waals surface area (Å²) in [6.45, 7) is 9.02. The van der Waals surface area contributed by atoms with Crippen molar-refractivity contribution in [3.8, 4) is 0 Å². The van der Waals surface area contributed by atoms with Gasteiger partial charge in [-0.05, 0) is 44.4 Å². The highest BCUT2D eigenvalue weighted by atomic mass is 35.5. The second-order valence-corrected chi connectivity index (χ2v) is 11.8. The SMILES string of the molecule is CC[C@H]1C(=O)C(C)(C)[C@@H](O)CC(=O)N[C@H](c2ccc3sc(C)nc3c2)C/C=C(/Cl)CCO[C@@H](C)[C@H]1O. The third-order valence-corrected chi connectivity index (χ3v) is 8.36. The minimum absolute atomic E-state index is 0.247. The van der Waals surface area contributed by atoms with Crippen molar-refractivity contribution in [3.63, 3.8) is 0 Å². The van der Waals surface area contributed by atoms with E-state index in [1.165, 1.54) is 0 Å². The summed E-state index contributed by atoms with van der Waals surface area (Å²) >= 11 is 8.07. The molecule has 0 fully saturated rings. The lowest BCUT2D eigenvalue weighted by molar-refractivity contribution is -0.147. The zero-order valence-corrected chi connectivity index (χ0v) is 23.2. The van der Waals surface area contributed by atoms with Crippen LogP contribution in [0.15, 0.2) is 29.3 Å². The van der Waals surface area contributed by atoms with Crippen molar-refractivity contribution in [3.05, 3.63) is 39.9 Å². The van der Waals surface area contributed by atoms with Crippen LogP contribution >= 0.6 is 22.9 Å². The van der Waals surface area contributed by atoms with Gasteiger partial charge in [0.05, 0.1) is 58.0 Å². The molecular weight excluding hydrogens is 500 g/mol. The van der Waals surface area contributed by atoms with Crippen LogP contribution in [-0.2, 0) is 14.3 Å². The van der Waals surface area contributed by atoms with Gasteiger partial charge in [-0.15, -0.1) is 11.3 Å². The third-order valence-electron chi connectivity index (χ3n) is 7.07. The fraction of sp³-hybridized carbons (Fsp3) is 0.593. The highest BCUT2D eigenvalue weighted by Gasteiger charge is 2.43. The number of ether oxygens (including phenoxy) is 1. The van der Waals surface area contributed by atoms with Crippen molar-refractivity contribution >= 4 is 44.8 Å². The summed E-state index contributed by atoms with van der Waals surface area (Å²) in [4.78, 5) is 31.0. The summed E-state index contributed by atoms with van der Waals surface area (Å²) in [5, 5.41) is 26.4.